The fourth-order valence-electron chi connectivity index (χ4n) is 1.89. The molecule has 0 N–H and O–H groups in total. The molecule has 0 fully saturated rings. The van der Waals surface area contributed by atoms with Crippen LogP contribution in [0.1, 0.15) is 26.3 Å². The summed E-state index contributed by atoms with van der Waals surface area (Å²) in [5.74, 6) is -0.512. The van der Waals surface area contributed by atoms with Gasteiger partial charge in [-0.2, -0.15) is 4.68 Å². The van der Waals surface area contributed by atoms with Crippen LogP contribution < -0.4 is 5.56 Å². The molecule has 0 aliphatic heterocycles. The molecular weight excluding hydrogens is 258 g/mol. The Morgan fingerprint density at radius 2 is 2.05 bits per heavy atom. The van der Waals surface area contributed by atoms with Gasteiger partial charge in [-0.25, -0.2) is 0 Å². The summed E-state index contributed by atoms with van der Waals surface area (Å²) < 4.78 is 6.20. The van der Waals surface area contributed by atoms with Crippen molar-refractivity contribution in [3.63, 3.8) is 0 Å². The van der Waals surface area contributed by atoms with Crippen molar-refractivity contribution < 1.29 is 9.53 Å². The summed E-state index contributed by atoms with van der Waals surface area (Å²) in [5.41, 5.74) is 0.399. The fourth-order valence-corrected chi connectivity index (χ4v) is 1.89. The van der Waals surface area contributed by atoms with Crippen molar-refractivity contribution in [2.24, 2.45) is 0 Å². The number of esters is 1. The number of ether oxygens (including phenoxy) is 1. The number of nitrogens with zero attached hydrogens (tertiary/aromatic N) is 3. The van der Waals surface area contributed by atoms with Gasteiger partial charge in [-0.1, -0.05) is 17.3 Å². The number of carbonyl (C=O) groups is 1. The molecule has 0 unspecified atom stereocenters. The Kier molecular flexibility index (Phi) is 3.57. The molecule has 0 saturated carbocycles. The van der Waals surface area contributed by atoms with Gasteiger partial charge in [0.05, 0.1) is 5.39 Å². The molecule has 0 atom stereocenters. The van der Waals surface area contributed by atoms with Crippen molar-refractivity contribution in [2.75, 3.05) is 0 Å². The lowest BCUT2D eigenvalue weighted by atomic mass is 10.1. The Morgan fingerprint density at radius 1 is 1.35 bits per heavy atom. The number of fused-ring (bicyclic) bond motifs is 1. The Hall–Kier alpha value is -2.24. The van der Waals surface area contributed by atoms with E-state index in [2.05, 4.69) is 10.3 Å². The van der Waals surface area contributed by atoms with Gasteiger partial charge >= 0.3 is 5.97 Å². The van der Waals surface area contributed by atoms with Crippen molar-refractivity contribution in [1.82, 2.24) is 15.0 Å². The second kappa shape index (κ2) is 5.03. The summed E-state index contributed by atoms with van der Waals surface area (Å²) >= 11 is 0. The van der Waals surface area contributed by atoms with Gasteiger partial charge in [0.2, 0.25) is 0 Å². The van der Waals surface area contributed by atoms with Gasteiger partial charge in [0.25, 0.3) is 5.56 Å². The van der Waals surface area contributed by atoms with Gasteiger partial charge in [0.1, 0.15) is 17.7 Å². The van der Waals surface area contributed by atoms with E-state index < -0.39 is 11.6 Å². The molecule has 6 heteroatoms. The van der Waals surface area contributed by atoms with Gasteiger partial charge in [0.15, 0.2) is 0 Å². The van der Waals surface area contributed by atoms with E-state index in [1.807, 2.05) is 19.1 Å². The molecule has 1 heterocycles. The van der Waals surface area contributed by atoms with Crippen LogP contribution in [-0.2, 0) is 16.1 Å². The van der Waals surface area contributed by atoms with E-state index in [9.17, 15) is 9.59 Å². The number of rotatable bonds is 2. The van der Waals surface area contributed by atoms with Crippen molar-refractivity contribution in [3.05, 3.63) is 34.1 Å². The summed E-state index contributed by atoms with van der Waals surface area (Å²) in [7, 11) is 0. The van der Waals surface area contributed by atoms with E-state index in [1.165, 1.54) is 0 Å². The topological polar surface area (TPSA) is 74.1 Å². The van der Waals surface area contributed by atoms with E-state index in [0.717, 1.165) is 10.2 Å². The SMILES string of the molecule is Cc1cccc2nnn(CC(=O)OC(C)(C)C)c(=O)c12. The molecule has 0 amide bonds. The number of aryl methyl sites for hydroxylation is 1. The second-order valence-electron chi connectivity index (χ2n) is 5.61. The highest BCUT2D eigenvalue weighted by Crippen LogP contribution is 2.11. The summed E-state index contributed by atoms with van der Waals surface area (Å²) in [6, 6.07) is 5.35. The van der Waals surface area contributed by atoms with Crippen LogP contribution in [0.15, 0.2) is 23.0 Å². The molecule has 1 aromatic heterocycles. The summed E-state index contributed by atoms with van der Waals surface area (Å²) in [5, 5.41) is 8.21. The third-order valence-electron chi connectivity index (χ3n) is 2.66. The first-order valence-corrected chi connectivity index (χ1v) is 6.33. The zero-order chi connectivity index (χ0) is 14.9. The average molecular weight is 275 g/mol. The maximum atomic E-state index is 12.3. The van der Waals surface area contributed by atoms with Crippen LogP contribution in [0.3, 0.4) is 0 Å². The molecule has 0 saturated heterocycles. The van der Waals surface area contributed by atoms with Crippen LogP contribution in [0.4, 0.5) is 0 Å². The van der Waals surface area contributed by atoms with Crippen LogP contribution in [0.2, 0.25) is 0 Å². The fraction of sp³-hybridized carbons (Fsp3) is 0.429. The van der Waals surface area contributed by atoms with Gasteiger partial charge < -0.3 is 4.74 Å². The Balaban J connectivity index is 2.37. The monoisotopic (exact) mass is 275 g/mol. The van der Waals surface area contributed by atoms with E-state index in [4.69, 9.17) is 4.74 Å². The van der Waals surface area contributed by atoms with Gasteiger partial charge in [-0.3, -0.25) is 9.59 Å². The molecule has 2 rings (SSSR count). The van der Waals surface area contributed by atoms with Crippen molar-refractivity contribution in [2.45, 2.75) is 39.8 Å². The maximum Gasteiger partial charge on any atom is 0.328 e. The molecule has 6 nitrogen and oxygen atoms in total. The molecule has 106 valence electrons. The molecule has 0 radical (unpaired) electrons. The quantitative estimate of drug-likeness (QED) is 0.775. The zero-order valence-electron chi connectivity index (χ0n) is 12.0. The van der Waals surface area contributed by atoms with Crippen LogP contribution in [0.25, 0.3) is 10.9 Å². The van der Waals surface area contributed by atoms with Crippen LogP contribution >= 0.6 is 0 Å². The standard InChI is InChI=1S/C14H17N3O3/c1-9-6-5-7-10-12(9)13(19)17(16-15-10)8-11(18)20-14(2,3)4/h5-7H,8H2,1-4H3. The van der Waals surface area contributed by atoms with E-state index in [-0.39, 0.29) is 12.1 Å². The lowest BCUT2D eigenvalue weighted by Gasteiger charge is -2.19. The van der Waals surface area contributed by atoms with Gasteiger partial charge in [-0.15, -0.1) is 5.10 Å². The van der Waals surface area contributed by atoms with Crippen molar-refractivity contribution in [1.29, 1.82) is 0 Å². The summed E-state index contributed by atoms with van der Waals surface area (Å²) in [4.78, 5) is 24.1. The first-order valence-electron chi connectivity index (χ1n) is 6.33. The average Bonchev–Trinajstić information content (AvgIpc) is 2.30. The lowest BCUT2D eigenvalue weighted by Crippen LogP contribution is -2.32. The zero-order valence-corrected chi connectivity index (χ0v) is 12.0. The third-order valence-corrected chi connectivity index (χ3v) is 2.66. The number of aromatic nitrogens is 3. The number of hydrogen-bond donors (Lipinski definition) is 0. The Labute approximate surface area is 116 Å². The van der Waals surface area contributed by atoms with Crippen LogP contribution in [0.5, 0.6) is 0 Å². The molecule has 1 aromatic carbocycles. The van der Waals surface area contributed by atoms with Crippen LogP contribution in [-0.4, -0.2) is 26.6 Å². The lowest BCUT2D eigenvalue weighted by molar-refractivity contribution is -0.155. The summed E-state index contributed by atoms with van der Waals surface area (Å²) in [6.45, 7) is 6.88. The third kappa shape index (κ3) is 3.01. The highest BCUT2D eigenvalue weighted by atomic mass is 16.6. The summed E-state index contributed by atoms with van der Waals surface area (Å²) in [6.07, 6.45) is 0. The minimum atomic E-state index is -0.596. The van der Waals surface area contributed by atoms with Crippen molar-refractivity contribution >= 4 is 16.9 Å². The predicted octanol–water partition coefficient (Wildman–Crippen LogP) is 1.44. The molecule has 20 heavy (non-hydrogen) atoms. The van der Waals surface area contributed by atoms with Crippen LogP contribution in [0, 0.1) is 6.92 Å². The predicted molar refractivity (Wildman–Crippen MR) is 74.4 cm³/mol. The Morgan fingerprint density at radius 3 is 2.70 bits per heavy atom. The van der Waals surface area contributed by atoms with Gasteiger partial charge in [0, 0.05) is 0 Å². The largest absolute Gasteiger partial charge is 0.459 e. The minimum absolute atomic E-state index is 0.243. The first-order chi connectivity index (χ1) is 9.28. The van der Waals surface area contributed by atoms with E-state index in [0.29, 0.717) is 10.9 Å². The highest BCUT2D eigenvalue weighted by molar-refractivity contribution is 5.80. The molecule has 0 spiro atoms. The number of benzene rings is 1. The van der Waals surface area contributed by atoms with Crippen molar-refractivity contribution in [3.8, 4) is 0 Å². The molecule has 0 aliphatic carbocycles. The van der Waals surface area contributed by atoms with E-state index in [1.54, 1.807) is 26.8 Å². The number of hydrogen-bond acceptors (Lipinski definition) is 5. The number of carbonyl (C=O) groups excluding carboxylic acids is 1. The maximum absolute atomic E-state index is 12.3. The first kappa shape index (κ1) is 14.2. The molecule has 0 aliphatic rings. The smallest absolute Gasteiger partial charge is 0.328 e. The Bertz CT molecular complexity index is 714. The van der Waals surface area contributed by atoms with Gasteiger partial charge in [-0.05, 0) is 39.3 Å². The minimum Gasteiger partial charge on any atom is -0.459 e. The highest BCUT2D eigenvalue weighted by Gasteiger charge is 2.18. The van der Waals surface area contributed by atoms with E-state index >= 15 is 0 Å². The normalized spacial score (nSPS) is 11.6. The second-order valence-corrected chi connectivity index (χ2v) is 5.61. The molecule has 2 aromatic rings. The molecular formula is C14H17N3O3. The molecule has 0 bridgehead atoms.